The van der Waals surface area contributed by atoms with Gasteiger partial charge in [-0.1, -0.05) is 30.3 Å². The summed E-state index contributed by atoms with van der Waals surface area (Å²) in [5.74, 6) is 0.580. The molecule has 2 aromatic carbocycles. The van der Waals surface area contributed by atoms with Crippen molar-refractivity contribution in [3.63, 3.8) is 0 Å². The zero-order chi connectivity index (χ0) is 18.6. The van der Waals surface area contributed by atoms with Gasteiger partial charge in [0.15, 0.2) is 0 Å². The van der Waals surface area contributed by atoms with Crippen LogP contribution in [-0.4, -0.2) is 42.4 Å². The van der Waals surface area contributed by atoms with Crippen LogP contribution >= 0.6 is 0 Å². The van der Waals surface area contributed by atoms with Gasteiger partial charge in [-0.05, 0) is 49.2 Å². The van der Waals surface area contributed by atoms with Crippen molar-refractivity contribution in [2.75, 3.05) is 26.2 Å². The van der Waals surface area contributed by atoms with Gasteiger partial charge in [-0.25, -0.2) is 4.79 Å². The van der Waals surface area contributed by atoms with Crippen LogP contribution in [0.4, 0.5) is 0 Å². The third-order valence-corrected chi connectivity index (χ3v) is 4.91. The van der Waals surface area contributed by atoms with Crippen molar-refractivity contribution in [2.45, 2.75) is 18.9 Å². The van der Waals surface area contributed by atoms with Crippen molar-refractivity contribution < 1.29 is 14.3 Å². The molecule has 140 valence electrons. The molecule has 1 aromatic heterocycles. The molecule has 0 amide bonds. The van der Waals surface area contributed by atoms with Gasteiger partial charge in [0.2, 0.25) is 0 Å². The maximum Gasteiger partial charge on any atom is 0.336 e. The average molecular weight is 365 g/mol. The van der Waals surface area contributed by atoms with Crippen molar-refractivity contribution in [1.29, 1.82) is 0 Å². The number of benzene rings is 2. The van der Waals surface area contributed by atoms with E-state index in [4.69, 9.17) is 9.15 Å². The van der Waals surface area contributed by atoms with E-state index in [0.29, 0.717) is 17.9 Å². The number of hydrogen-bond donors (Lipinski definition) is 1. The van der Waals surface area contributed by atoms with Gasteiger partial charge in [0, 0.05) is 24.1 Å². The first-order chi connectivity index (χ1) is 13.2. The number of ether oxygens (including phenoxy) is 1. The monoisotopic (exact) mass is 365 g/mol. The topological polar surface area (TPSA) is 62.9 Å². The minimum Gasteiger partial charge on any atom is -0.491 e. The number of hydrogen-bond acceptors (Lipinski definition) is 5. The van der Waals surface area contributed by atoms with Crippen molar-refractivity contribution >= 4 is 11.0 Å². The molecule has 0 aliphatic carbocycles. The Bertz CT molecular complexity index is 961. The molecule has 0 spiro atoms. The molecule has 3 aromatic rings. The van der Waals surface area contributed by atoms with Crippen LogP contribution in [0.5, 0.6) is 5.75 Å². The Kier molecular flexibility index (Phi) is 5.23. The minimum absolute atomic E-state index is 0.213. The van der Waals surface area contributed by atoms with E-state index >= 15 is 0 Å². The van der Waals surface area contributed by atoms with Gasteiger partial charge in [0.05, 0.1) is 0 Å². The summed E-state index contributed by atoms with van der Waals surface area (Å²) in [7, 11) is 0. The highest BCUT2D eigenvalue weighted by atomic mass is 16.5. The first kappa shape index (κ1) is 17.8. The number of fused-ring (bicyclic) bond motifs is 1. The average Bonchev–Trinajstić information content (AvgIpc) is 3.19. The van der Waals surface area contributed by atoms with E-state index < -0.39 is 11.7 Å². The number of nitrogens with zero attached hydrogens (tertiary/aromatic N) is 1. The molecule has 0 unspecified atom stereocenters. The van der Waals surface area contributed by atoms with Gasteiger partial charge in [-0.3, -0.25) is 0 Å². The number of likely N-dealkylation sites (tertiary alicyclic amines) is 1. The molecule has 1 N–H and O–H groups in total. The van der Waals surface area contributed by atoms with E-state index in [1.54, 1.807) is 6.07 Å². The van der Waals surface area contributed by atoms with Crippen LogP contribution in [0.2, 0.25) is 0 Å². The second-order valence-corrected chi connectivity index (χ2v) is 6.98. The summed E-state index contributed by atoms with van der Waals surface area (Å²) in [6, 6.07) is 16.7. The van der Waals surface area contributed by atoms with Crippen LogP contribution < -0.4 is 10.4 Å². The van der Waals surface area contributed by atoms with Gasteiger partial charge in [0.1, 0.15) is 24.0 Å². The Morgan fingerprint density at radius 1 is 1.07 bits per heavy atom. The molecule has 2 heterocycles. The zero-order valence-electron chi connectivity index (χ0n) is 15.1. The summed E-state index contributed by atoms with van der Waals surface area (Å²) in [6.45, 7) is 2.92. The summed E-state index contributed by atoms with van der Waals surface area (Å²) in [4.78, 5) is 14.2. The molecule has 0 saturated carbocycles. The predicted octanol–water partition coefficient (Wildman–Crippen LogP) is 3.30. The number of aliphatic hydroxyl groups is 1. The number of aliphatic hydroxyl groups excluding tert-OH is 1. The lowest BCUT2D eigenvalue weighted by molar-refractivity contribution is 0.0758. The second kappa shape index (κ2) is 7.94. The molecule has 1 fully saturated rings. The summed E-state index contributed by atoms with van der Waals surface area (Å²) in [5, 5.41) is 11.0. The Labute approximate surface area is 157 Å². The Morgan fingerprint density at radius 3 is 2.63 bits per heavy atom. The normalized spacial score (nSPS) is 15.9. The summed E-state index contributed by atoms with van der Waals surface area (Å²) >= 11 is 0. The van der Waals surface area contributed by atoms with E-state index in [-0.39, 0.29) is 6.61 Å². The van der Waals surface area contributed by atoms with Crippen LogP contribution in [0.25, 0.3) is 22.1 Å². The Balaban J connectivity index is 1.53. The van der Waals surface area contributed by atoms with Gasteiger partial charge < -0.3 is 19.2 Å². The molecule has 5 nitrogen and oxygen atoms in total. The Morgan fingerprint density at radius 2 is 1.85 bits per heavy atom. The SMILES string of the molecule is O=c1cc(-c2ccccc2)c2ccc(OC[C@@H](O)CN3CCCC3)cc2o1. The van der Waals surface area contributed by atoms with Crippen molar-refractivity contribution in [3.8, 4) is 16.9 Å². The summed E-state index contributed by atoms with van der Waals surface area (Å²) in [6.07, 6.45) is 1.85. The van der Waals surface area contributed by atoms with Crippen LogP contribution in [0.3, 0.4) is 0 Å². The fourth-order valence-electron chi connectivity index (χ4n) is 3.60. The second-order valence-electron chi connectivity index (χ2n) is 6.98. The van der Waals surface area contributed by atoms with Gasteiger partial charge in [-0.15, -0.1) is 0 Å². The lowest BCUT2D eigenvalue weighted by Gasteiger charge is -2.19. The van der Waals surface area contributed by atoms with Gasteiger partial charge in [0.25, 0.3) is 0 Å². The molecular weight excluding hydrogens is 342 g/mol. The molecular formula is C22H23NO4. The highest BCUT2D eigenvalue weighted by Gasteiger charge is 2.16. The van der Waals surface area contributed by atoms with Crippen molar-refractivity contribution in [2.24, 2.45) is 0 Å². The molecule has 1 aliphatic heterocycles. The smallest absolute Gasteiger partial charge is 0.336 e. The van der Waals surface area contributed by atoms with E-state index in [1.807, 2.05) is 42.5 Å². The minimum atomic E-state index is -0.540. The number of β-amino-alcohol motifs (C(OH)–C–C–N with tert-alkyl or cyclic N) is 1. The van der Waals surface area contributed by atoms with Crippen LogP contribution in [0.1, 0.15) is 12.8 Å². The molecule has 27 heavy (non-hydrogen) atoms. The third kappa shape index (κ3) is 4.21. The van der Waals surface area contributed by atoms with Crippen LogP contribution in [-0.2, 0) is 0 Å². The van der Waals surface area contributed by atoms with Crippen molar-refractivity contribution in [1.82, 2.24) is 4.90 Å². The largest absolute Gasteiger partial charge is 0.491 e. The summed E-state index contributed by atoms with van der Waals surface area (Å²) < 4.78 is 11.1. The van der Waals surface area contributed by atoms with Crippen LogP contribution in [0, 0.1) is 0 Å². The maximum atomic E-state index is 12.0. The van der Waals surface area contributed by atoms with E-state index in [9.17, 15) is 9.90 Å². The van der Waals surface area contributed by atoms with E-state index in [1.165, 1.54) is 18.9 Å². The highest BCUT2D eigenvalue weighted by Crippen LogP contribution is 2.29. The molecule has 0 radical (unpaired) electrons. The fraction of sp³-hybridized carbons (Fsp3) is 0.318. The maximum absolute atomic E-state index is 12.0. The standard InChI is InChI=1S/C22H23NO4/c24-17(14-23-10-4-5-11-23)15-26-18-8-9-19-20(16-6-2-1-3-7-16)13-22(25)27-21(19)12-18/h1-3,6-9,12-13,17,24H,4-5,10-11,14-15H2/t17-/m0/s1. The molecule has 1 aliphatic rings. The quantitative estimate of drug-likeness (QED) is 0.679. The fourth-order valence-corrected chi connectivity index (χ4v) is 3.60. The molecule has 4 rings (SSSR count). The highest BCUT2D eigenvalue weighted by molar-refractivity contribution is 5.93. The van der Waals surface area contributed by atoms with Crippen LogP contribution in [0.15, 0.2) is 63.8 Å². The Hall–Kier alpha value is -2.63. The molecule has 1 atom stereocenters. The van der Waals surface area contributed by atoms with Crippen molar-refractivity contribution in [3.05, 3.63) is 65.0 Å². The van der Waals surface area contributed by atoms with Gasteiger partial charge in [-0.2, -0.15) is 0 Å². The first-order valence-electron chi connectivity index (χ1n) is 9.35. The number of rotatable bonds is 6. The molecule has 5 heteroatoms. The lowest BCUT2D eigenvalue weighted by atomic mass is 10.0. The third-order valence-electron chi connectivity index (χ3n) is 4.91. The summed E-state index contributed by atoms with van der Waals surface area (Å²) in [5.41, 5.74) is 1.88. The van der Waals surface area contributed by atoms with Gasteiger partial charge >= 0.3 is 5.63 Å². The predicted molar refractivity (Wildman–Crippen MR) is 105 cm³/mol. The first-order valence-corrected chi connectivity index (χ1v) is 9.35. The molecule has 0 bridgehead atoms. The molecule has 1 saturated heterocycles. The van der Waals surface area contributed by atoms with E-state index in [2.05, 4.69) is 4.90 Å². The zero-order valence-corrected chi connectivity index (χ0v) is 15.1. The lowest BCUT2D eigenvalue weighted by Crippen LogP contribution is -2.33. The van der Waals surface area contributed by atoms with E-state index in [0.717, 1.165) is 29.6 Å².